The highest BCUT2D eigenvalue weighted by Gasteiger charge is 2.08. The Kier molecular flexibility index (Phi) is 4.05. The first-order chi connectivity index (χ1) is 9.11. The monoisotopic (exact) mass is 255 g/mol. The van der Waals surface area contributed by atoms with Crippen LogP contribution in [0.3, 0.4) is 0 Å². The summed E-state index contributed by atoms with van der Waals surface area (Å²) < 4.78 is 2.09. The quantitative estimate of drug-likeness (QED) is 0.821. The summed E-state index contributed by atoms with van der Waals surface area (Å²) in [5.41, 5.74) is 3.47. The summed E-state index contributed by atoms with van der Waals surface area (Å²) in [7, 11) is 0. The summed E-state index contributed by atoms with van der Waals surface area (Å²) in [6, 6.07) is 8.57. The molecule has 0 saturated carbocycles. The molecule has 0 atom stereocenters. The van der Waals surface area contributed by atoms with E-state index in [0.29, 0.717) is 12.5 Å². The fourth-order valence-corrected chi connectivity index (χ4v) is 2.02. The predicted molar refractivity (Wildman–Crippen MR) is 81.1 cm³/mol. The summed E-state index contributed by atoms with van der Waals surface area (Å²) in [6.45, 7) is 10.8. The lowest BCUT2D eigenvalue weighted by molar-refractivity contribution is 0.862. The van der Waals surface area contributed by atoms with E-state index >= 15 is 0 Å². The van der Waals surface area contributed by atoms with Gasteiger partial charge in [-0.3, -0.25) is 4.57 Å². The van der Waals surface area contributed by atoms with E-state index in [1.54, 1.807) is 0 Å². The number of aryl methyl sites for hydroxylation is 1. The lowest BCUT2D eigenvalue weighted by atomic mass is 10.0. The number of aromatic nitrogens is 2. The van der Waals surface area contributed by atoms with Crippen LogP contribution >= 0.6 is 0 Å². The molecule has 0 radical (unpaired) electrons. The molecule has 2 aromatic rings. The Hall–Kier alpha value is -2.03. The van der Waals surface area contributed by atoms with Crippen molar-refractivity contribution in [2.45, 2.75) is 26.7 Å². The lowest BCUT2D eigenvalue weighted by Gasteiger charge is -2.11. The molecule has 0 aliphatic heterocycles. The van der Waals surface area contributed by atoms with Gasteiger partial charge in [0, 0.05) is 18.4 Å². The number of nitrogens with one attached hydrogen (secondary N) is 1. The van der Waals surface area contributed by atoms with Gasteiger partial charge in [0.2, 0.25) is 5.95 Å². The van der Waals surface area contributed by atoms with Crippen molar-refractivity contribution in [3.8, 4) is 5.69 Å². The molecule has 19 heavy (non-hydrogen) atoms. The van der Waals surface area contributed by atoms with Crippen molar-refractivity contribution in [2.75, 3.05) is 11.9 Å². The fourth-order valence-electron chi connectivity index (χ4n) is 2.02. The van der Waals surface area contributed by atoms with Crippen LogP contribution in [0.1, 0.15) is 31.0 Å². The zero-order valence-electron chi connectivity index (χ0n) is 11.9. The highest BCUT2D eigenvalue weighted by Crippen LogP contribution is 2.21. The normalized spacial score (nSPS) is 10.7. The summed E-state index contributed by atoms with van der Waals surface area (Å²) in [5.74, 6) is 1.38. The second kappa shape index (κ2) is 5.74. The molecule has 0 spiro atoms. The Bertz CT molecular complexity index is 567. The Morgan fingerprint density at radius 3 is 2.89 bits per heavy atom. The van der Waals surface area contributed by atoms with Gasteiger partial charge in [0.1, 0.15) is 0 Å². The molecule has 1 aromatic carbocycles. The topological polar surface area (TPSA) is 29.9 Å². The van der Waals surface area contributed by atoms with Gasteiger partial charge in [-0.1, -0.05) is 32.1 Å². The Morgan fingerprint density at radius 2 is 2.21 bits per heavy atom. The van der Waals surface area contributed by atoms with E-state index < -0.39 is 0 Å². The minimum Gasteiger partial charge on any atom is -0.352 e. The van der Waals surface area contributed by atoms with E-state index in [-0.39, 0.29) is 0 Å². The molecule has 0 fully saturated rings. The zero-order valence-corrected chi connectivity index (χ0v) is 11.9. The van der Waals surface area contributed by atoms with Crippen LogP contribution in [0.2, 0.25) is 0 Å². The van der Waals surface area contributed by atoms with Gasteiger partial charge < -0.3 is 5.32 Å². The average molecular weight is 255 g/mol. The maximum absolute atomic E-state index is 4.50. The first-order valence-electron chi connectivity index (χ1n) is 6.63. The summed E-state index contributed by atoms with van der Waals surface area (Å²) >= 11 is 0. The van der Waals surface area contributed by atoms with E-state index in [1.807, 2.05) is 19.2 Å². The molecule has 3 nitrogen and oxygen atoms in total. The fraction of sp³-hybridized carbons (Fsp3) is 0.312. The highest BCUT2D eigenvalue weighted by atomic mass is 15.2. The first-order valence-corrected chi connectivity index (χ1v) is 6.63. The summed E-state index contributed by atoms with van der Waals surface area (Å²) in [4.78, 5) is 4.50. The molecule has 2 rings (SSSR count). The molecule has 0 unspecified atom stereocenters. The molecule has 0 amide bonds. The number of hydrogen-bond donors (Lipinski definition) is 1. The van der Waals surface area contributed by atoms with Crippen molar-refractivity contribution < 1.29 is 0 Å². The molecule has 0 aliphatic rings. The van der Waals surface area contributed by atoms with Gasteiger partial charge >= 0.3 is 0 Å². The van der Waals surface area contributed by atoms with Crippen LogP contribution in [0, 0.1) is 6.92 Å². The van der Waals surface area contributed by atoms with Gasteiger partial charge in [0.05, 0.1) is 5.69 Å². The van der Waals surface area contributed by atoms with Crippen molar-refractivity contribution in [3.05, 3.63) is 54.4 Å². The van der Waals surface area contributed by atoms with Gasteiger partial charge in [-0.15, -0.1) is 6.58 Å². The molecule has 0 aliphatic carbocycles. The van der Waals surface area contributed by atoms with Crippen LogP contribution in [0.15, 0.2) is 43.1 Å². The molecule has 100 valence electrons. The lowest BCUT2D eigenvalue weighted by Crippen LogP contribution is -2.06. The van der Waals surface area contributed by atoms with Crippen LogP contribution in [-0.4, -0.2) is 16.1 Å². The average Bonchev–Trinajstić information content (AvgIpc) is 2.77. The smallest absolute Gasteiger partial charge is 0.207 e. The number of nitrogens with zero attached hydrogens (tertiary/aromatic N) is 2. The van der Waals surface area contributed by atoms with Gasteiger partial charge in [0.15, 0.2) is 0 Å². The van der Waals surface area contributed by atoms with Gasteiger partial charge in [-0.05, 0) is 30.5 Å². The largest absolute Gasteiger partial charge is 0.352 e. The third-order valence-corrected chi connectivity index (χ3v) is 3.05. The minimum atomic E-state index is 0.522. The van der Waals surface area contributed by atoms with Crippen molar-refractivity contribution in [1.29, 1.82) is 0 Å². The van der Waals surface area contributed by atoms with Crippen molar-refractivity contribution in [2.24, 2.45) is 0 Å². The van der Waals surface area contributed by atoms with Crippen LogP contribution in [0.4, 0.5) is 5.95 Å². The van der Waals surface area contributed by atoms with E-state index in [9.17, 15) is 0 Å². The number of rotatable bonds is 5. The van der Waals surface area contributed by atoms with Gasteiger partial charge in [0.25, 0.3) is 0 Å². The van der Waals surface area contributed by atoms with Crippen LogP contribution in [-0.2, 0) is 0 Å². The summed E-state index contributed by atoms with van der Waals surface area (Å²) in [6.07, 6.45) is 3.88. The number of anilines is 1. The number of imidazole rings is 1. The van der Waals surface area contributed by atoms with E-state index in [1.165, 1.54) is 5.56 Å². The Labute approximate surface area is 115 Å². The van der Waals surface area contributed by atoms with Crippen LogP contribution < -0.4 is 5.32 Å². The van der Waals surface area contributed by atoms with E-state index in [4.69, 9.17) is 0 Å². The summed E-state index contributed by atoms with van der Waals surface area (Å²) in [5, 5.41) is 3.26. The maximum atomic E-state index is 4.50. The molecule has 1 N–H and O–H groups in total. The number of hydrogen-bond acceptors (Lipinski definition) is 2. The second-order valence-corrected chi connectivity index (χ2v) is 5.00. The molecule has 0 bridgehead atoms. The third kappa shape index (κ3) is 3.05. The van der Waals surface area contributed by atoms with E-state index in [0.717, 1.165) is 17.3 Å². The molecule has 0 saturated heterocycles. The minimum absolute atomic E-state index is 0.522. The Morgan fingerprint density at radius 1 is 1.42 bits per heavy atom. The molecule has 1 heterocycles. The third-order valence-electron chi connectivity index (χ3n) is 3.05. The maximum Gasteiger partial charge on any atom is 0.207 e. The Balaban J connectivity index is 2.40. The SMILES string of the molecule is C=CCNc1nc(C)cn1-c1cccc(C(C)C)c1. The number of benzene rings is 1. The van der Waals surface area contributed by atoms with Crippen molar-refractivity contribution >= 4 is 5.95 Å². The first kappa shape index (κ1) is 13.4. The molecular formula is C16H21N3. The zero-order chi connectivity index (χ0) is 13.8. The van der Waals surface area contributed by atoms with E-state index in [2.05, 4.69) is 59.6 Å². The predicted octanol–water partition coefficient (Wildman–Crippen LogP) is 3.90. The van der Waals surface area contributed by atoms with Gasteiger partial charge in [-0.2, -0.15) is 0 Å². The van der Waals surface area contributed by atoms with Crippen molar-refractivity contribution in [1.82, 2.24) is 9.55 Å². The second-order valence-electron chi connectivity index (χ2n) is 5.00. The molecule has 3 heteroatoms. The van der Waals surface area contributed by atoms with Crippen LogP contribution in [0.25, 0.3) is 5.69 Å². The van der Waals surface area contributed by atoms with Crippen molar-refractivity contribution in [3.63, 3.8) is 0 Å². The van der Waals surface area contributed by atoms with Crippen LogP contribution in [0.5, 0.6) is 0 Å². The van der Waals surface area contributed by atoms with Gasteiger partial charge in [-0.25, -0.2) is 4.98 Å². The standard InChI is InChI=1S/C16H21N3/c1-5-9-17-16-18-13(4)11-19(16)15-8-6-7-14(10-15)12(2)3/h5-8,10-12H,1,9H2,2-4H3,(H,17,18). The molecule has 1 aromatic heterocycles. The molecular weight excluding hydrogens is 234 g/mol. The highest BCUT2D eigenvalue weighted by molar-refractivity contribution is 5.45.